The third-order valence-corrected chi connectivity index (χ3v) is 6.64. The van der Waals surface area contributed by atoms with E-state index in [0.717, 1.165) is 11.3 Å². The van der Waals surface area contributed by atoms with E-state index in [1.807, 2.05) is 47.0 Å². The summed E-state index contributed by atoms with van der Waals surface area (Å²) >= 11 is 1.68. The monoisotopic (exact) mass is 528 g/mol. The summed E-state index contributed by atoms with van der Waals surface area (Å²) in [5.74, 6) is -0.957. The van der Waals surface area contributed by atoms with Crippen LogP contribution in [-0.4, -0.2) is 46.4 Å². The highest BCUT2D eigenvalue weighted by molar-refractivity contribution is 8.00. The Morgan fingerprint density at radius 1 is 0.972 bits per heavy atom. The van der Waals surface area contributed by atoms with E-state index in [1.54, 1.807) is 44.6 Å². The number of amides is 1. The molecule has 4 rings (SSSR count). The van der Waals surface area contributed by atoms with Gasteiger partial charge in [0, 0.05) is 22.2 Å². The van der Waals surface area contributed by atoms with E-state index in [0.29, 0.717) is 44.8 Å². The molecule has 7 nitrogen and oxygen atoms in total. The molecule has 0 spiro atoms. The Morgan fingerprint density at radius 2 is 1.69 bits per heavy atom. The second-order valence-electron chi connectivity index (χ2n) is 7.29. The number of ether oxygens (including phenoxy) is 2. The average Bonchev–Trinajstić information content (AvgIpc) is 3.32. The zero-order chi connectivity index (χ0) is 25.5. The number of rotatable bonds is 10. The normalized spacial score (nSPS) is 10.9. The van der Waals surface area contributed by atoms with Crippen LogP contribution in [0, 0.1) is 0 Å². The van der Waals surface area contributed by atoms with Gasteiger partial charge in [0.1, 0.15) is 0 Å². The molecule has 0 saturated carbocycles. The van der Waals surface area contributed by atoms with Crippen LogP contribution < -0.4 is 14.8 Å². The molecule has 1 amide bonds. The number of carbonyl (C=O) groups excluding carboxylic acids is 1. The molecule has 4 aromatic rings. The quantitative estimate of drug-likeness (QED) is 0.253. The van der Waals surface area contributed by atoms with E-state index in [4.69, 9.17) is 9.47 Å². The van der Waals surface area contributed by atoms with Gasteiger partial charge in [-0.3, -0.25) is 9.36 Å². The minimum atomic E-state index is -2.49. The lowest BCUT2D eigenvalue weighted by molar-refractivity contribution is -0.113. The minimum Gasteiger partial charge on any atom is -0.493 e. The number of hydrogen-bond acceptors (Lipinski definition) is 7. The SMILES string of the molecule is COc1ccc(-n2c(SCC(=O)Nc3ccc(SC(F)F)cc3)nnc2-c2ccccc2)cc1OC. The summed E-state index contributed by atoms with van der Waals surface area (Å²) in [4.78, 5) is 13.0. The Labute approximate surface area is 215 Å². The predicted octanol–water partition coefficient (Wildman–Crippen LogP) is 6.00. The summed E-state index contributed by atoms with van der Waals surface area (Å²) in [6.07, 6.45) is 0. The number of methoxy groups -OCH3 is 2. The molecule has 36 heavy (non-hydrogen) atoms. The van der Waals surface area contributed by atoms with Gasteiger partial charge in [0.05, 0.1) is 25.7 Å². The number of nitrogens with zero attached hydrogens (tertiary/aromatic N) is 3. The lowest BCUT2D eigenvalue weighted by atomic mass is 10.2. The number of aromatic nitrogens is 3. The van der Waals surface area contributed by atoms with Crippen LogP contribution in [0.2, 0.25) is 0 Å². The van der Waals surface area contributed by atoms with Gasteiger partial charge in [-0.15, -0.1) is 10.2 Å². The number of halogens is 2. The maximum absolute atomic E-state index is 12.6. The topological polar surface area (TPSA) is 78.3 Å². The van der Waals surface area contributed by atoms with E-state index >= 15 is 0 Å². The number of carbonyl (C=O) groups is 1. The summed E-state index contributed by atoms with van der Waals surface area (Å²) < 4.78 is 37.7. The van der Waals surface area contributed by atoms with E-state index in [2.05, 4.69) is 15.5 Å². The van der Waals surface area contributed by atoms with Crippen molar-refractivity contribution in [2.75, 3.05) is 25.3 Å². The molecule has 0 bridgehead atoms. The predicted molar refractivity (Wildman–Crippen MR) is 138 cm³/mol. The first kappa shape index (κ1) is 25.5. The van der Waals surface area contributed by atoms with Crippen molar-refractivity contribution in [1.29, 1.82) is 0 Å². The molecule has 0 aliphatic carbocycles. The number of alkyl halides is 2. The highest BCUT2D eigenvalue weighted by Gasteiger charge is 2.19. The Hall–Kier alpha value is -3.57. The van der Waals surface area contributed by atoms with Gasteiger partial charge in [-0.2, -0.15) is 8.78 Å². The van der Waals surface area contributed by atoms with Crippen molar-refractivity contribution < 1.29 is 23.0 Å². The number of hydrogen-bond donors (Lipinski definition) is 1. The van der Waals surface area contributed by atoms with Gasteiger partial charge in [-0.1, -0.05) is 53.9 Å². The fraction of sp³-hybridized carbons (Fsp3) is 0.160. The van der Waals surface area contributed by atoms with Crippen molar-refractivity contribution in [2.24, 2.45) is 0 Å². The molecule has 0 saturated heterocycles. The number of anilines is 1. The van der Waals surface area contributed by atoms with Gasteiger partial charge in [-0.05, 0) is 36.4 Å². The Kier molecular flexibility index (Phi) is 8.44. The molecule has 186 valence electrons. The van der Waals surface area contributed by atoms with Gasteiger partial charge >= 0.3 is 0 Å². The van der Waals surface area contributed by atoms with Crippen LogP contribution in [0.25, 0.3) is 17.1 Å². The standard InChI is InChI=1S/C25H22F2N4O3S2/c1-33-20-13-10-18(14-21(20)34-2)31-23(16-6-4-3-5-7-16)29-30-25(31)35-15-22(32)28-17-8-11-19(12-9-17)36-24(26)27/h3-14,24H,15H2,1-2H3,(H,28,32). The lowest BCUT2D eigenvalue weighted by Gasteiger charge is -2.13. The second-order valence-corrected chi connectivity index (χ2v) is 9.29. The Balaban J connectivity index is 1.56. The summed E-state index contributed by atoms with van der Waals surface area (Å²) in [6.45, 7) is 0. The summed E-state index contributed by atoms with van der Waals surface area (Å²) in [5.41, 5.74) is 2.12. The number of thioether (sulfide) groups is 2. The Morgan fingerprint density at radius 3 is 2.36 bits per heavy atom. The fourth-order valence-electron chi connectivity index (χ4n) is 3.38. The maximum atomic E-state index is 12.6. The molecule has 1 N–H and O–H groups in total. The zero-order valence-electron chi connectivity index (χ0n) is 19.4. The summed E-state index contributed by atoms with van der Waals surface area (Å²) in [5, 5.41) is 12.0. The highest BCUT2D eigenvalue weighted by atomic mass is 32.2. The van der Waals surface area contributed by atoms with Crippen molar-refractivity contribution in [1.82, 2.24) is 14.8 Å². The summed E-state index contributed by atoms with van der Waals surface area (Å²) in [6, 6.07) is 21.3. The molecule has 0 atom stereocenters. The molecular formula is C25H22F2N4O3S2. The molecule has 0 unspecified atom stereocenters. The van der Waals surface area contributed by atoms with Crippen LogP contribution >= 0.6 is 23.5 Å². The van der Waals surface area contributed by atoms with E-state index in [9.17, 15) is 13.6 Å². The van der Waals surface area contributed by atoms with E-state index in [1.165, 1.54) is 11.8 Å². The Bertz CT molecular complexity index is 1320. The molecule has 1 aromatic heterocycles. The third kappa shape index (κ3) is 6.16. The molecular weight excluding hydrogens is 506 g/mol. The minimum absolute atomic E-state index is 0.0632. The molecule has 3 aromatic carbocycles. The second kappa shape index (κ2) is 11.9. The van der Waals surface area contributed by atoms with Crippen molar-refractivity contribution in [3.05, 3.63) is 72.8 Å². The smallest absolute Gasteiger partial charge is 0.288 e. The average molecular weight is 529 g/mol. The fourth-order valence-corrected chi connectivity index (χ4v) is 4.63. The number of nitrogens with one attached hydrogen (secondary N) is 1. The van der Waals surface area contributed by atoms with Crippen LogP contribution in [0.15, 0.2) is 82.8 Å². The molecule has 0 fully saturated rings. The van der Waals surface area contributed by atoms with Crippen LogP contribution in [0.1, 0.15) is 0 Å². The zero-order valence-corrected chi connectivity index (χ0v) is 21.0. The summed E-state index contributed by atoms with van der Waals surface area (Å²) in [7, 11) is 3.13. The van der Waals surface area contributed by atoms with Crippen molar-refractivity contribution >= 4 is 35.1 Å². The molecule has 0 radical (unpaired) electrons. The van der Waals surface area contributed by atoms with E-state index in [-0.39, 0.29) is 11.7 Å². The molecule has 1 heterocycles. The maximum Gasteiger partial charge on any atom is 0.288 e. The van der Waals surface area contributed by atoms with Crippen molar-refractivity contribution in [3.63, 3.8) is 0 Å². The van der Waals surface area contributed by atoms with Crippen LogP contribution in [-0.2, 0) is 4.79 Å². The molecule has 0 aliphatic rings. The molecule has 11 heteroatoms. The first-order valence-electron chi connectivity index (χ1n) is 10.7. The van der Waals surface area contributed by atoms with Crippen LogP contribution in [0.3, 0.4) is 0 Å². The largest absolute Gasteiger partial charge is 0.493 e. The highest BCUT2D eigenvalue weighted by Crippen LogP contribution is 2.34. The lowest BCUT2D eigenvalue weighted by Crippen LogP contribution is -2.14. The first-order chi connectivity index (χ1) is 17.5. The van der Waals surface area contributed by atoms with Gasteiger partial charge in [-0.25, -0.2) is 0 Å². The van der Waals surface area contributed by atoms with Gasteiger partial charge in [0.25, 0.3) is 5.76 Å². The number of benzene rings is 3. The van der Waals surface area contributed by atoms with Crippen LogP contribution in [0.4, 0.5) is 14.5 Å². The molecule has 0 aliphatic heterocycles. The van der Waals surface area contributed by atoms with Gasteiger partial charge in [0.2, 0.25) is 5.91 Å². The first-order valence-corrected chi connectivity index (χ1v) is 12.6. The van der Waals surface area contributed by atoms with Crippen molar-refractivity contribution in [2.45, 2.75) is 15.8 Å². The van der Waals surface area contributed by atoms with Crippen molar-refractivity contribution in [3.8, 4) is 28.6 Å². The third-order valence-electron chi connectivity index (χ3n) is 4.99. The van der Waals surface area contributed by atoms with Crippen LogP contribution in [0.5, 0.6) is 11.5 Å². The van der Waals surface area contributed by atoms with Gasteiger partial charge < -0.3 is 14.8 Å². The van der Waals surface area contributed by atoms with Gasteiger partial charge in [0.15, 0.2) is 22.5 Å². The van der Waals surface area contributed by atoms with E-state index < -0.39 is 5.76 Å².